The second kappa shape index (κ2) is 9.38. The second-order valence-corrected chi connectivity index (χ2v) is 8.32. The number of benzene rings is 2. The molecule has 0 unspecified atom stereocenters. The Bertz CT molecular complexity index is 1000. The summed E-state index contributed by atoms with van der Waals surface area (Å²) >= 11 is 0. The molecule has 1 aliphatic carbocycles. The highest BCUT2D eigenvalue weighted by atomic mass is 16.5. The minimum atomic E-state index is -0.0126. The number of amides is 1. The summed E-state index contributed by atoms with van der Waals surface area (Å²) in [4.78, 5) is 13.1. The second-order valence-electron chi connectivity index (χ2n) is 8.32. The van der Waals surface area contributed by atoms with Crippen LogP contribution in [0.2, 0.25) is 0 Å². The molecule has 4 rings (SSSR count). The van der Waals surface area contributed by atoms with Crippen LogP contribution in [0, 0.1) is 0 Å². The predicted octanol–water partition coefficient (Wildman–Crippen LogP) is 5.64. The van der Waals surface area contributed by atoms with Gasteiger partial charge in [-0.1, -0.05) is 49.6 Å². The minimum Gasteiger partial charge on any atom is -0.497 e. The Hall–Kier alpha value is -2.75. The van der Waals surface area contributed by atoms with Gasteiger partial charge in [-0.15, -0.1) is 0 Å². The molecule has 30 heavy (non-hydrogen) atoms. The van der Waals surface area contributed by atoms with E-state index in [1.807, 2.05) is 12.1 Å². The topological polar surface area (TPSA) is 43.3 Å². The summed E-state index contributed by atoms with van der Waals surface area (Å²) in [6.07, 6.45) is 8.59. The average Bonchev–Trinajstić information content (AvgIpc) is 3.17. The van der Waals surface area contributed by atoms with Gasteiger partial charge in [-0.05, 0) is 49.1 Å². The summed E-state index contributed by atoms with van der Waals surface area (Å²) in [7, 11) is 1.69. The van der Waals surface area contributed by atoms with E-state index in [0.717, 1.165) is 30.7 Å². The number of hydrogen-bond acceptors (Lipinski definition) is 2. The number of aryl methyl sites for hydroxylation is 1. The number of carbonyl (C=O) groups is 1. The quantitative estimate of drug-likeness (QED) is 0.554. The zero-order valence-electron chi connectivity index (χ0n) is 18.1. The zero-order chi connectivity index (χ0) is 20.9. The molecule has 4 heteroatoms. The van der Waals surface area contributed by atoms with Gasteiger partial charge in [0.15, 0.2) is 0 Å². The molecule has 158 valence electrons. The summed E-state index contributed by atoms with van der Waals surface area (Å²) in [5.74, 6) is 0.953. The van der Waals surface area contributed by atoms with Gasteiger partial charge in [-0.25, -0.2) is 0 Å². The van der Waals surface area contributed by atoms with E-state index in [1.165, 1.54) is 35.7 Å². The van der Waals surface area contributed by atoms with Crippen molar-refractivity contribution < 1.29 is 9.53 Å². The lowest BCUT2D eigenvalue weighted by Gasteiger charge is -2.24. The van der Waals surface area contributed by atoms with E-state index in [1.54, 1.807) is 7.11 Å². The summed E-state index contributed by atoms with van der Waals surface area (Å²) < 4.78 is 7.75. The van der Waals surface area contributed by atoms with Crippen LogP contribution in [0.25, 0.3) is 10.9 Å². The van der Waals surface area contributed by atoms with Crippen LogP contribution in [0.5, 0.6) is 5.75 Å². The van der Waals surface area contributed by atoms with Gasteiger partial charge in [0.2, 0.25) is 5.91 Å². The third-order valence-corrected chi connectivity index (χ3v) is 6.39. The van der Waals surface area contributed by atoms with Gasteiger partial charge in [0, 0.05) is 42.0 Å². The lowest BCUT2D eigenvalue weighted by atomic mass is 9.87. The van der Waals surface area contributed by atoms with Crippen molar-refractivity contribution in [2.45, 2.75) is 64.0 Å². The van der Waals surface area contributed by atoms with Crippen LogP contribution in [0.1, 0.15) is 62.5 Å². The SMILES string of the molecule is CCn1cc([C@@H](CC(=O)NC2CCCCC2)c2cccc(OC)c2)c2ccccc21. The third-order valence-electron chi connectivity index (χ3n) is 6.39. The number of hydrogen-bond donors (Lipinski definition) is 1. The molecule has 0 aliphatic heterocycles. The Morgan fingerprint density at radius 1 is 1.13 bits per heavy atom. The number of carbonyl (C=O) groups excluding carboxylic acids is 1. The number of rotatable bonds is 7. The first-order valence-electron chi connectivity index (χ1n) is 11.2. The fraction of sp³-hybridized carbons (Fsp3) is 0.423. The van der Waals surface area contributed by atoms with Crippen LogP contribution in [0.4, 0.5) is 0 Å². The van der Waals surface area contributed by atoms with Crippen molar-refractivity contribution in [1.82, 2.24) is 9.88 Å². The number of ether oxygens (including phenoxy) is 1. The van der Waals surface area contributed by atoms with Gasteiger partial charge in [0.1, 0.15) is 5.75 Å². The number of para-hydroxylation sites is 1. The average molecular weight is 405 g/mol. The van der Waals surface area contributed by atoms with Crippen molar-refractivity contribution in [1.29, 1.82) is 0 Å². The van der Waals surface area contributed by atoms with Crippen LogP contribution >= 0.6 is 0 Å². The van der Waals surface area contributed by atoms with E-state index >= 15 is 0 Å². The maximum atomic E-state index is 13.1. The van der Waals surface area contributed by atoms with Gasteiger partial charge in [0.25, 0.3) is 0 Å². The molecule has 1 heterocycles. The maximum Gasteiger partial charge on any atom is 0.221 e. The highest BCUT2D eigenvalue weighted by Crippen LogP contribution is 2.36. The zero-order valence-corrected chi connectivity index (χ0v) is 18.1. The third kappa shape index (κ3) is 4.38. The fourth-order valence-corrected chi connectivity index (χ4v) is 4.80. The van der Waals surface area contributed by atoms with E-state index in [2.05, 4.69) is 59.4 Å². The Labute approximate surface area is 179 Å². The molecule has 1 saturated carbocycles. The van der Waals surface area contributed by atoms with Crippen LogP contribution in [0.15, 0.2) is 54.7 Å². The lowest BCUT2D eigenvalue weighted by molar-refractivity contribution is -0.122. The molecule has 0 radical (unpaired) electrons. The molecule has 1 amide bonds. The molecule has 1 aromatic heterocycles. The smallest absolute Gasteiger partial charge is 0.221 e. The Morgan fingerprint density at radius 3 is 2.70 bits per heavy atom. The molecule has 4 nitrogen and oxygen atoms in total. The molecule has 2 aromatic carbocycles. The first kappa shape index (κ1) is 20.5. The van der Waals surface area contributed by atoms with Crippen molar-refractivity contribution in [3.8, 4) is 5.75 Å². The highest BCUT2D eigenvalue weighted by Gasteiger charge is 2.24. The molecule has 1 atom stereocenters. The van der Waals surface area contributed by atoms with Crippen molar-refractivity contribution in [2.24, 2.45) is 0 Å². The van der Waals surface area contributed by atoms with E-state index in [4.69, 9.17) is 4.74 Å². The molecule has 0 bridgehead atoms. The van der Waals surface area contributed by atoms with E-state index < -0.39 is 0 Å². The standard InChI is InChI=1S/C26H32N2O2/c1-3-28-18-24(22-14-7-8-15-25(22)28)23(19-10-9-13-21(16-19)30-2)17-26(29)27-20-11-5-4-6-12-20/h7-10,13-16,18,20,23H,3-6,11-12,17H2,1-2H3,(H,27,29)/t23-/m0/s1. The number of nitrogens with zero attached hydrogens (tertiary/aromatic N) is 1. The number of aromatic nitrogens is 1. The Balaban J connectivity index is 1.70. The van der Waals surface area contributed by atoms with Crippen LogP contribution in [0.3, 0.4) is 0 Å². The largest absolute Gasteiger partial charge is 0.497 e. The van der Waals surface area contributed by atoms with E-state index in [0.29, 0.717) is 12.5 Å². The molecule has 1 fully saturated rings. The lowest BCUT2D eigenvalue weighted by Crippen LogP contribution is -2.36. The molecule has 0 saturated heterocycles. The molecular formula is C26H32N2O2. The van der Waals surface area contributed by atoms with Crippen molar-refractivity contribution in [3.63, 3.8) is 0 Å². The van der Waals surface area contributed by atoms with E-state index in [9.17, 15) is 4.79 Å². The molecule has 1 N–H and O–H groups in total. The summed E-state index contributed by atoms with van der Waals surface area (Å²) in [5.41, 5.74) is 3.54. The van der Waals surface area contributed by atoms with Crippen molar-refractivity contribution in [2.75, 3.05) is 7.11 Å². The minimum absolute atomic E-state index is 0.0126. The van der Waals surface area contributed by atoms with Crippen LogP contribution < -0.4 is 10.1 Å². The number of methoxy groups -OCH3 is 1. The summed E-state index contributed by atoms with van der Waals surface area (Å²) in [6, 6.07) is 17.0. The van der Waals surface area contributed by atoms with Gasteiger partial charge >= 0.3 is 0 Å². The Kier molecular flexibility index (Phi) is 6.41. The molecule has 1 aliphatic rings. The first-order chi connectivity index (χ1) is 14.7. The summed E-state index contributed by atoms with van der Waals surface area (Å²) in [6.45, 7) is 3.06. The monoisotopic (exact) mass is 404 g/mol. The van der Waals surface area contributed by atoms with Crippen molar-refractivity contribution in [3.05, 3.63) is 65.9 Å². The fourth-order valence-electron chi connectivity index (χ4n) is 4.80. The van der Waals surface area contributed by atoms with Gasteiger partial charge < -0.3 is 14.6 Å². The maximum absolute atomic E-state index is 13.1. The predicted molar refractivity (Wildman–Crippen MR) is 122 cm³/mol. The van der Waals surface area contributed by atoms with Crippen LogP contribution in [-0.4, -0.2) is 23.6 Å². The highest BCUT2D eigenvalue weighted by molar-refractivity contribution is 5.86. The molecule has 3 aromatic rings. The van der Waals surface area contributed by atoms with E-state index in [-0.39, 0.29) is 11.8 Å². The first-order valence-corrected chi connectivity index (χ1v) is 11.2. The Morgan fingerprint density at radius 2 is 1.93 bits per heavy atom. The van der Waals surface area contributed by atoms with Crippen molar-refractivity contribution >= 4 is 16.8 Å². The normalized spacial score (nSPS) is 15.8. The van der Waals surface area contributed by atoms with Gasteiger partial charge in [-0.3, -0.25) is 4.79 Å². The van der Waals surface area contributed by atoms with Gasteiger partial charge in [0.05, 0.1) is 7.11 Å². The van der Waals surface area contributed by atoms with Gasteiger partial charge in [-0.2, -0.15) is 0 Å². The molecular weight excluding hydrogens is 372 g/mol. The summed E-state index contributed by atoms with van der Waals surface area (Å²) in [5, 5.41) is 4.53. The molecule has 0 spiro atoms. The number of nitrogens with one attached hydrogen (secondary N) is 1. The number of fused-ring (bicyclic) bond motifs is 1. The van der Waals surface area contributed by atoms with Crippen LogP contribution in [-0.2, 0) is 11.3 Å².